The number of halogens is 2. The Balaban J connectivity index is 1.82. The number of thioether (sulfide) groups is 1. The summed E-state index contributed by atoms with van der Waals surface area (Å²) in [6.45, 7) is 2.37. The van der Waals surface area contributed by atoms with Crippen molar-refractivity contribution in [3.63, 3.8) is 0 Å². The fourth-order valence-corrected chi connectivity index (χ4v) is 4.25. The van der Waals surface area contributed by atoms with Crippen molar-refractivity contribution in [2.45, 2.75) is 17.7 Å². The summed E-state index contributed by atoms with van der Waals surface area (Å²) in [5, 5.41) is 1.07. The predicted molar refractivity (Wildman–Crippen MR) is 92.4 cm³/mol. The first-order chi connectivity index (χ1) is 10.5. The number of nitrogens with zero attached hydrogens (tertiary/aromatic N) is 1. The molecule has 0 aliphatic rings. The maximum atomic E-state index is 11.0. The number of thiazole rings is 1. The summed E-state index contributed by atoms with van der Waals surface area (Å²) in [5.41, 5.74) is 6.06. The quantitative estimate of drug-likeness (QED) is 0.586. The first-order valence-electron chi connectivity index (χ1n) is 6.41. The third-order valence-electron chi connectivity index (χ3n) is 2.67. The molecular formula is C14H14Cl2N2O2S2. The Morgan fingerprint density at radius 1 is 1.45 bits per heavy atom. The average Bonchev–Trinajstić information content (AvgIpc) is 2.76. The number of hydrogen-bond donors (Lipinski definition) is 1. The zero-order chi connectivity index (χ0) is 16.1. The van der Waals surface area contributed by atoms with Crippen LogP contribution >= 0.6 is 46.3 Å². The van der Waals surface area contributed by atoms with Crippen LogP contribution in [0.5, 0.6) is 5.75 Å². The standard InChI is InChI=1S/C14H14Cl2N2O2S2/c1-8-12(7-13(17)19)22-14(18-8)21-5-4-20-11-3-2-9(15)6-10(11)16/h2-3,6H,4-5,7H2,1H3,(H2,17,19). The van der Waals surface area contributed by atoms with Gasteiger partial charge in [0.1, 0.15) is 5.75 Å². The zero-order valence-corrected chi connectivity index (χ0v) is 14.9. The van der Waals surface area contributed by atoms with Crippen LogP contribution in [0.1, 0.15) is 10.6 Å². The van der Waals surface area contributed by atoms with Gasteiger partial charge in [-0.2, -0.15) is 0 Å². The highest BCUT2D eigenvalue weighted by atomic mass is 35.5. The lowest BCUT2D eigenvalue weighted by Gasteiger charge is -2.07. The number of hydrogen-bond acceptors (Lipinski definition) is 5. The van der Waals surface area contributed by atoms with Crippen molar-refractivity contribution >= 4 is 52.2 Å². The number of benzene rings is 1. The maximum absolute atomic E-state index is 11.0. The Kier molecular flexibility index (Phi) is 6.37. The molecule has 1 aromatic carbocycles. The van der Waals surface area contributed by atoms with E-state index in [9.17, 15) is 4.79 Å². The molecule has 0 saturated heterocycles. The first-order valence-corrected chi connectivity index (χ1v) is 8.96. The summed E-state index contributed by atoms with van der Waals surface area (Å²) < 4.78 is 6.51. The molecule has 22 heavy (non-hydrogen) atoms. The topological polar surface area (TPSA) is 65.2 Å². The molecule has 0 unspecified atom stereocenters. The van der Waals surface area contributed by atoms with Crippen molar-refractivity contribution in [2.75, 3.05) is 12.4 Å². The van der Waals surface area contributed by atoms with Gasteiger partial charge in [0, 0.05) is 15.7 Å². The van der Waals surface area contributed by atoms with Gasteiger partial charge in [-0.05, 0) is 25.1 Å². The van der Waals surface area contributed by atoms with Crippen LogP contribution in [0.25, 0.3) is 0 Å². The van der Waals surface area contributed by atoms with Crippen molar-refractivity contribution in [1.82, 2.24) is 4.98 Å². The zero-order valence-electron chi connectivity index (χ0n) is 11.8. The van der Waals surface area contributed by atoms with Gasteiger partial charge in [0.2, 0.25) is 5.91 Å². The Hall–Kier alpha value is -0.950. The lowest BCUT2D eigenvalue weighted by molar-refractivity contribution is -0.117. The molecule has 0 atom stereocenters. The Bertz CT molecular complexity index is 677. The van der Waals surface area contributed by atoms with Crippen molar-refractivity contribution < 1.29 is 9.53 Å². The van der Waals surface area contributed by atoms with Crippen LogP contribution in [0.3, 0.4) is 0 Å². The van der Waals surface area contributed by atoms with Crippen LogP contribution in [0, 0.1) is 6.92 Å². The van der Waals surface area contributed by atoms with Gasteiger partial charge in [-0.25, -0.2) is 4.98 Å². The summed E-state index contributed by atoms with van der Waals surface area (Å²) in [5.74, 6) is 0.988. The van der Waals surface area contributed by atoms with E-state index in [4.69, 9.17) is 33.7 Å². The second kappa shape index (κ2) is 8.06. The summed E-state index contributed by atoms with van der Waals surface area (Å²) in [6.07, 6.45) is 0.237. The SMILES string of the molecule is Cc1nc(SCCOc2ccc(Cl)cc2Cl)sc1CC(N)=O. The number of aromatic nitrogens is 1. The monoisotopic (exact) mass is 376 g/mol. The molecule has 4 nitrogen and oxygen atoms in total. The highest BCUT2D eigenvalue weighted by Gasteiger charge is 2.10. The number of aryl methyl sites for hydroxylation is 1. The van der Waals surface area contributed by atoms with E-state index in [1.165, 1.54) is 11.3 Å². The highest BCUT2D eigenvalue weighted by molar-refractivity contribution is 8.01. The molecule has 8 heteroatoms. The second-order valence-corrected chi connectivity index (χ2v) is 7.67. The molecule has 2 aromatic rings. The molecular weight excluding hydrogens is 363 g/mol. The van der Waals surface area contributed by atoms with E-state index >= 15 is 0 Å². The van der Waals surface area contributed by atoms with E-state index in [1.807, 2.05) is 6.92 Å². The first kappa shape index (κ1) is 17.4. The van der Waals surface area contributed by atoms with E-state index in [2.05, 4.69) is 4.98 Å². The highest BCUT2D eigenvalue weighted by Crippen LogP contribution is 2.29. The fraction of sp³-hybridized carbons (Fsp3) is 0.286. The van der Waals surface area contributed by atoms with E-state index in [1.54, 1.807) is 30.0 Å². The third kappa shape index (κ3) is 5.05. The van der Waals surface area contributed by atoms with Crippen molar-refractivity contribution in [2.24, 2.45) is 5.73 Å². The predicted octanol–water partition coefficient (Wildman–Crippen LogP) is 3.96. The second-order valence-electron chi connectivity index (χ2n) is 4.40. The molecule has 2 rings (SSSR count). The molecule has 0 saturated carbocycles. The van der Waals surface area contributed by atoms with Gasteiger partial charge in [-0.15, -0.1) is 11.3 Å². The Morgan fingerprint density at radius 3 is 2.91 bits per heavy atom. The smallest absolute Gasteiger partial charge is 0.222 e. The van der Waals surface area contributed by atoms with Crippen LogP contribution in [0.4, 0.5) is 0 Å². The molecule has 0 bridgehead atoms. The van der Waals surface area contributed by atoms with Crippen LogP contribution in [0.2, 0.25) is 10.0 Å². The lowest BCUT2D eigenvalue weighted by atomic mass is 10.3. The summed E-state index contributed by atoms with van der Waals surface area (Å²) in [7, 11) is 0. The number of carbonyl (C=O) groups excluding carboxylic acids is 1. The van der Waals surface area contributed by atoms with Crippen LogP contribution in [-0.4, -0.2) is 23.3 Å². The van der Waals surface area contributed by atoms with E-state index < -0.39 is 0 Å². The maximum Gasteiger partial charge on any atom is 0.222 e. The van der Waals surface area contributed by atoms with Gasteiger partial charge < -0.3 is 10.5 Å². The van der Waals surface area contributed by atoms with Gasteiger partial charge in [-0.3, -0.25) is 4.79 Å². The molecule has 2 N–H and O–H groups in total. The fourth-order valence-electron chi connectivity index (χ4n) is 1.66. The van der Waals surface area contributed by atoms with Crippen molar-refractivity contribution in [3.05, 3.63) is 38.8 Å². The molecule has 0 spiro atoms. The van der Waals surface area contributed by atoms with Crippen LogP contribution in [-0.2, 0) is 11.2 Å². The van der Waals surface area contributed by atoms with Crippen LogP contribution < -0.4 is 10.5 Å². The largest absolute Gasteiger partial charge is 0.491 e. The van der Waals surface area contributed by atoms with Crippen molar-refractivity contribution in [3.8, 4) is 5.75 Å². The Labute approximate surface area is 147 Å². The Morgan fingerprint density at radius 2 is 2.23 bits per heavy atom. The average molecular weight is 377 g/mol. The number of carbonyl (C=O) groups is 1. The molecule has 0 radical (unpaired) electrons. The molecule has 1 heterocycles. The summed E-state index contributed by atoms with van der Waals surface area (Å²) in [6, 6.07) is 5.12. The number of nitrogens with two attached hydrogens (primary N) is 1. The molecule has 0 aliphatic carbocycles. The minimum Gasteiger partial charge on any atom is -0.491 e. The number of primary amides is 1. The van der Waals surface area contributed by atoms with Gasteiger partial charge in [0.25, 0.3) is 0 Å². The van der Waals surface area contributed by atoms with Crippen molar-refractivity contribution in [1.29, 1.82) is 0 Å². The minimum atomic E-state index is -0.344. The molecule has 0 fully saturated rings. The van der Waals surface area contributed by atoms with Crippen LogP contribution in [0.15, 0.2) is 22.5 Å². The molecule has 1 aromatic heterocycles. The molecule has 1 amide bonds. The van der Waals surface area contributed by atoms with E-state index in [-0.39, 0.29) is 12.3 Å². The molecule has 118 valence electrons. The normalized spacial score (nSPS) is 10.7. The van der Waals surface area contributed by atoms with Gasteiger partial charge in [0.05, 0.1) is 23.7 Å². The van der Waals surface area contributed by atoms with E-state index in [0.29, 0.717) is 22.4 Å². The van der Waals surface area contributed by atoms with E-state index in [0.717, 1.165) is 20.7 Å². The number of amides is 1. The number of rotatable bonds is 7. The van der Waals surface area contributed by atoms with Gasteiger partial charge in [0.15, 0.2) is 4.34 Å². The lowest BCUT2D eigenvalue weighted by Crippen LogP contribution is -2.13. The summed E-state index contributed by atoms with van der Waals surface area (Å²) >= 11 is 14.9. The summed E-state index contributed by atoms with van der Waals surface area (Å²) in [4.78, 5) is 16.3. The third-order valence-corrected chi connectivity index (χ3v) is 5.46. The van der Waals surface area contributed by atoms with Gasteiger partial charge in [-0.1, -0.05) is 35.0 Å². The molecule has 0 aliphatic heterocycles. The minimum absolute atomic E-state index is 0.237. The number of ether oxygens (including phenoxy) is 1. The van der Waals surface area contributed by atoms with Gasteiger partial charge >= 0.3 is 0 Å².